The maximum Gasteiger partial charge on any atom is 0.226 e. The number of para-hydroxylation sites is 1. The van der Waals surface area contributed by atoms with Crippen LogP contribution in [0.5, 0.6) is 5.75 Å². The second kappa shape index (κ2) is 9.05. The number of carbonyl (C=O) groups is 1. The van der Waals surface area contributed by atoms with E-state index in [1.807, 2.05) is 36.4 Å². The van der Waals surface area contributed by atoms with E-state index in [9.17, 15) is 4.79 Å². The molecule has 0 fully saturated rings. The van der Waals surface area contributed by atoms with Crippen LogP contribution in [0.25, 0.3) is 10.2 Å². The van der Waals surface area contributed by atoms with Crippen LogP contribution in [0.2, 0.25) is 0 Å². The number of carbonyl (C=O) groups excluding carboxylic acids is 1. The second-order valence-electron chi connectivity index (χ2n) is 5.81. The second-order valence-corrected chi connectivity index (χ2v) is 8.01. The summed E-state index contributed by atoms with van der Waals surface area (Å²) in [5.41, 5.74) is 2.22. The van der Waals surface area contributed by atoms with Crippen LogP contribution in [-0.4, -0.2) is 23.8 Å². The topological polar surface area (TPSA) is 51.2 Å². The number of ether oxygens (including phenoxy) is 1. The summed E-state index contributed by atoms with van der Waals surface area (Å²) in [5.74, 6) is 1.78. The summed E-state index contributed by atoms with van der Waals surface area (Å²) in [5, 5.41) is 3.63. The first-order chi connectivity index (χ1) is 12.7. The number of thioether (sulfide) groups is 1. The molecule has 1 heterocycles. The minimum Gasteiger partial charge on any atom is -0.497 e. The fraction of sp³-hybridized carbons (Fsp3) is 0.300. The lowest BCUT2D eigenvalue weighted by Crippen LogP contribution is -2.11. The summed E-state index contributed by atoms with van der Waals surface area (Å²) in [6.45, 7) is 2.12. The van der Waals surface area contributed by atoms with Gasteiger partial charge in [-0.25, -0.2) is 4.98 Å². The minimum atomic E-state index is 0.0254. The Bertz CT molecular complexity index is 875. The summed E-state index contributed by atoms with van der Waals surface area (Å²) in [6.07, 6.45) is 2.27. The Balaban J connectivity index is 1.46. The van der Waals surface area contributed by atoms with Crippen molar-refractivity contribution < 1.29 is 9.53 Å². The summed E-state index contributed by atoms with van der Waals surface area (Å²) in [7, 11) is 1.66. The van der Waals surface area contributed by atoms with Crippen LogP contribution in [0.3, 0.4) is 0 Å². The smallest absolute Gasteiger partial charge is 0.226 e. The van der Waals surface area contributed by atoms with Gasteiger partial charge < -0.3 is 10.1 Å². The first-order valence-electron chi connectivity index (χ1n) is 8.64. The van der Waals surface area contributed by atoms with Gasteiger partial charge in [-0.15, -0.1) is 11.8 Å². The average Bonchev–Trinajstić information content (AvgIpc) is 3.08. The molecule has 0 saturated heterocycles. The molecular weight excluding hydrogens is 364 g/mol. The van der Waals surface area contributed by atoms with Crippen LogP contribution in [-0.2, 0) is 11.2 Å². The number of nitrogens with one attached hydrogen (secondary N) is 1. The van der Waals surface area contributed by atoms with Crippen LogP contribution in [0.1, 0.15) is 25.3 Å². The third-order valence-electron chi connectivity index (χ3n) is 4.01. The van der Waals surface area contributed by atoms with Crippen LogP contribution in [0.4, 0.5) is 5.13 Å². The molecule has 4 nitrogen and oxygen atoms in total. The summed E-state index contributed by atoms with van der Waals surface area (Å²) < 4.78 is 6.27. The largest absolute Gasteiger partial charge is 0.497 e. The van der Waals surface area contributed by atoms with Crippen molar-refractivity contribution in [1.29, 1.82) is 0 Å². The number of amides is 1. The van der Waals surface area contributed by atoms with Crippen LogP contribution < -0.4 is 10.1 Å². The van der Waals surface area contributed by atoms with Gasteiger partial charge in [-0.3, -0.25) is 4.79 Å². The van der Waals surface area contributed by atoms with E-state index >= 15 is 0 Å². The van der Waals surface area contributed by atoms with Crippen LogP contribution >= 0.6 is 23.1 Å². The van der Waals surface area contributed by atoms with Gasteiger partial charge in [0.25, 0.3) is 0 Å². The summed E-state index contributed by atoms with van der Waals surface area (Å²) >= 11 is 3.28. The molecule has 0 spiro atoms. The van der Waals surface area contributed by atoms with Gasteiger partial charge in [0.15, 0.2) is 5.13 Å². The van der Waals surface area contributed by atoms with Gasteiger partial charge in [-0.05, 0) is 54.5 Å². The fourth-order valence-corrected chi connectivity index (χ4v) is 4.40. The lowest BCUT2D eigenvalue weighted by atomic mass is 10.1. The highest BCUT2D eigenvalue weighted by Gasteiger charge is 2.10. The normalized spacial score (nSPS) is 10.8. The van der Waals surface area contributed by atoms with Crippen LogP contribution in [0, 0.1) is 0 Å². The van der Waals surface area contributed by atoms with Crippen molar-refractivity contribution in [2.75, 3.05) is 18.2 Å². The van der Waals surface area contributed by atoms with E-state index in [1.54, 1.807) is 18.9 Å². The maximum atomic E-state index is 12.2. The standard InChI is InChI=1S/C20H22N2O2S2/c1-3-14-6-4-7-17-19(14)22-20(26-17)21-18(23)8-5-13-25-16-11-9-15(24-2)10-12-16/h4,6-7,9-12H,3,5,8,13H2,1-2H3,(H,21,22,23). The molecule has 26 heavy (non-hydrogen) atoms. The molecule has 0 aliphatic heterocycles. The lowest BCUT2D eigenvalue weighted by molar-refractivity contribution is -0.116. The number of thiazole rings is 1. The Morgan fingerprint density at radius 1 is 1.23 bits per heavy atom. The number of nitrogens with zero attached hydrogens (tertiary/aromatic N) is 1. The van der Waals surface area contributed by atoms with E-state index in [-0.39, 0.29) is 5.91 Å². The van der Waals surface area contributed by atoms with Gasteiger partial charge in [-0.2, -0.15) is 0 Å². The first-order valence-corrected chi connectivity index (χ1v) is 10.4. The molecule has 0 bridgehead atoms. The monoisotopic (exact) mass is 386 g/mol. The van der Waals surface area contributed by atoms with Crippen LogP contribution in [0.15, 0.2) is 47.4 Å². The first kappa shape index (κ1) is 18.7. The summed E-state index contributed by atoms with van der Waals surface area (Å²) in [4.78, 5) is 17.9. The Labute approximate surface area is 162 Å². The number of aromatic nitrogens is 1. The molecule has 0 unspecified atom stereocenters. The number of aryl methyl sites for hydroxylation is 1. The van der Waals surface area contributed by atoms with Gasteiger partial charge in [-0.1, -0.05) is 30.4 Å². The number of methoxy groups -OCH3 is 1. The number of rotatable bonds is 8. The van der Waals surface area contributed by atoms with Crippen molar-refractivity contribution in [3.8, 4) is 5.75 Å². The molecule has 1 amide bonds. The van der Waals surface area contributed by atoms with Crippen molar-refractivity contribution in [3.63, 3.8) is 0 Å². The van der Waals surface area contributed by atoms with E-state index in [1.165, 1.54) is 21.8 Å². The number of hydrogen-bond donors (Lipinski definition) is 1. The van der Waals surface area contributed by atoms with Gasteiger partial charge in [0.05, 0.1) is 17.3 Å². The third kappa shape index (κ3) is 4.77. The van der Waals surface area contributed by atoms with Crippen molar-refractivity contribution >= 4 is 44.4 Å². The zero-order valence-electron chi connectivity index (χ0n) is 15.0. The van der Waals surface area contributed by atoms with Crippen molar-refractivity contribution in [2.45, 2.75) is 31.1 Å². The van der Waals surface area contributed by atoms with Gasteiger partial charge in [0, 0.05) is 11.3 Å². The fourth-order valence-electron chi connectivity index (χ4n) is 2.62. The Kier molecular flexibility index (Phi) is 6.52. The lowest BCUT2D eigenvalue weighted by Gasteiger charge is -2.04. The zero-order valence-corrected chi connectivity index (χ0v) is 16.6. The molecule has 0 radical (unpaired) electrons. The van der Waals surface area contributed by atoms with E-state index in [0.717, 1.165) is 34.6 Å². The Hall–Kier alpha value is -2.05. The molecule has 3 rings (SSSR count). The molecule has 0 atom stereocenters. The number of benzene rings is 2. The van der Waals surface area contributed by atoms with Gasteiger partial charge in [0.1, 0.15) is 5.75 Å². The molecule has 1 aromatic heterocycles. The highest BCUT2D eigenvalue weighted by atomic mass is 32.2. The predicted molar refractivity (Wildman–Crippen MR) is 111 cm³/mol. The SMILES string of the molecule is CCc1cccc2sc(NC(=O)CCCSc3ccc(OC)cc3)nc12. The molecule has 0 aliphatic rings. The summed E-state index contributed by atoms with van der Waals surface area (Å²) in [6, 6.07) is 14.2. The zero-order chi connectivity index (χ0) is 18.4. The van der Waals surface area contributed by atoms with Crippen molar-refractivity contribution in [2.24, 2.45) is 0 Å². The molecular formula is C20H22N2O2S2. The maximum absolute atomic E-state index is 12.2. The Morgan fingerprint density at radius 2 is 2.04 bits per heavy atom. The predicted octanol–water partition coefficient (Wildman–Crippen LogP) is 5.38. The van der Waals surface area contributed by atoms with Gasteiger partial charge in [0.2, 0.25) is 5.91 Å². The average molecular weight is 387 g/mol. The molecule has 2 aromatic carbocycles. The van der Waals surface area contributed by atoms with Crippen molar-refractivity contribution in [1.82, 2.24) is 4.98 Å². The molecule has 0 aliphatic carbocycles. The van der Waals surface area contributed by atoms with E-state index in [2.05, 4.69) is 23.3 Å². The quantitative estimate of drug-likeness (QED) is 0.417. The highest BCUT2D eigenvalue weighted by Crippen LogP contribution is 2.29. The number of fused-ring (bicyclic) bond motifs is 1. The molecule has 3 aromatic rings. The minimum absolute atomic E-state index is 0.0254. The molecule has 0 saturated carbocycles. The van der Waals surface area contributed by atoms with E-state index in [4.69, 9.17) is 4.74 Å². The molecule has 1 N–H and O–H groups in total. The number of hydrogen-bond acceptors (Lipinski definition) is 5. The highest BCUT2D eigenvalue weighted by molar-refractivity contribution is 7.99. The van der Waals surface area contributed by atoms with E-state index < -0.39 is 0 Å². The molecule has 136 valence electrons. The van der Waals surface area contributed by atoms with Gasteiger partial charge >= 0.3 is 0 Å². The third-order valence-corrected chi connectivity index (χ3v) is 6.04. The number of anilines is 1. The van der Waals surface area contributed by atoms with E-state index in [0.29, 0.717) is 11.6 Å². The molecule has 6 heteroatoms. The Morgan fingerprint density at radius 3 is 2.77 bits per heavy atom. The van der Waals surface area contributed by atoms with Crippen molar-refractivity contribution in [3.05, 3.63) is 48.0 Å².